The first-order valence-electron chi connectivity index (χ1n) is 4.60. The van der Waals surface area contributed by atoms with E-state index in [-0.39, 0.29) is 29.7 Å². The van der Waals surface area contributed by atoms with Crippen molar-refractivity contribution in [3.05, 3.63) is 0 Å². The quantitative estimate of drug-likeness (QED) is 0.646. The summed E-state index contributed by atoms with van der Waals surface area (Å²) < 4.78 is 0. The molecule has 0 radical (unpaired) electrons. The fourth-order valence-electron chi connectivity index (χ4n) is 0.884. The van der Waals surface area contributed by atoms with E-state index >= 15 is 0 Å². The van der Waals surface area contributed by atoms with Crippen molar-refractivity contribution in [2.24, 2.45) is 5.92 Å². The third-order valence-electron chi connectivity index (χ3n) is 1.96. The van der Waals surface area contributed by atoms with Crippen molar-refractivity contribution in [3.63, 3.8) is 0 Å². The number of carbonyl (C=O) groups excluding carboxylic acids is 1. The minimum absolute atomic E-state index is 0.0121. The van der Waals surface area contributed by atoms with Crippen LogP contribution in [0.4, 0.5) is 17.8 Å². The summed E-state index contributed by atoms with van der Waals surface area (Å²) in [5, 5.41) is 2.51. The minimum Gasteiger partial charge on any atom is -0.368 e. The van der Waals surface area contributed by atoms with Crippen LogP contribution in [0.2, 0.25) is 0 Å². The van der Waals surface area contributed by atoms with Crippen LogP contribution in [0.25, 0.3) is 0 Å². The van der Waals surface area contributed by atoms with Crippen molar-refractivity contribution in [1.29, 1.82) is 0 Å². The standard InChI is InChI=1S/C8H14N6O/c1-3-4(2)5(15)11-8-13-6(9)12-7(10)14-8/h4H,3H2,1-2H3,(H5,9,10,11,12,13,14,15). The van der Waals surface area contributed by atoms with Gasteiger partial charge in [0.05, 0.1) is 0 Å². The van der Waals surface area contributed by atoms with Crippen molar-refractivity contribution in [2.75, 3.05) is 16.8 Å². The van der Waals surface area contributed by atoms with E-state index in [1.54, 1.807) is 0 Å². The lowest BCUT2D eigenvalue weighted by Gasteiger charge is -2.08. The molecule has 1 amide bonds. The third kappa shape index (κ3) is 3.04. The molecular weight excluding hydrogens is 196 g/mol. The zero-order chi connectivity index (χ0) is 11.4. The molecule has 0 aliphatic rings. The molecule has 0 saturated carbocycles. The number of amides is 1. The van der Waals surface area contributed by atoms with Crippen LogP contribution >= 0.6 is 0 Å². The van der Waals surface area contributed by atoms with E-state index in [9.17, 15) is 4.79 Å². The maximum atomic E-state index is 11.5. The van der Waals surface area contributed by atoms with Gasteiger partial charge in [0, 0.05) is 5.92 Å². The number of hydrogen-bond acceptors (Lipinski definition) is 6. The van der Waals surface area contributed by atoms with Crippen molar-refractivity contribution < 1.29 is 4.79 Å². The number of hydrogen-bond donors (Lipinski definition) is 3. The molecule has 1 heterocycles. The number of nitrogens with one attached hydrogen (secondary N) is 1. The van der Waals surface area contributed by atoms with Crippen LogP contribution in [0.3, 0.4) is 0 Å². The third-order valence-corrected chi connectivity index (χ3v) is 1.96. The summed E-state index contributed by atoms with van der Waals surface area (Å²) in [5.41, 5.74) is 10.7. The first-order valence-corrected chi connectivity index (χ1v) is 4.60. The predicted octanol–water partition coefficient (Wildman–Crippen LogP) is 0.0206. The van der Waals surface area contributed by atoms with Gasteiger partial charge in [-0.15, -0.1) is 0 Å². The summed E-state index contributed by atoms with van der Waals surface area (Å²) in [6, 6.07) is 0. The lowest BCUT2D eigenvalue weighted by Crippen LogP contribution is -2.22. The van der Waals surface area contributed by atoms with E-state index in [1.807, 2.05) is 13.8 Å². The van der Waals surface area contributed by atoms with Crippen LogP contribution in [0, 0.1) is 5.92 Å². The highest BCUT2D eigenvalue weighted by atomic mass is 16.2. The Morgan fingerprint density at radius 1 is 1.33 bits per heavy atom. The number of anilines is 3. The van der Waals surface area contributed by atoms with Gasteiger partial charge in [-0.2, -0.15) is 15.0 Å². The van der Waals surface area contributed by atoms with Crippen LogP contribution in [-0.2, 0) is 4.79 Å². The summed E-state index contributed by atoms with van der Waals surface area (Å²) in [4.78, 5) is 22.5. The van der Waals surface area contributed by atoms with E-state index in [4.69, 9.17) is 11.5 Å². The van der Waals surface area contributed by atoms with E-state index in [1.165, 1.54) is 0 Å². The molecule has 0 aliphatic heterocycles. The first kappa shape index (κ1) is 11.2. The Morgan fingerprint density at radius 3 is 2.33 bits per heavy atom. The van der Waals surface area contributed by atoms with Gasteiger partial charge in [-0.05, 0) is 6.42 Å². The van der Waals surface area contributed by atoms with Gasteiger partial charge in [0.15, 0.2) is 0 Å². The lowest BCUT2D eigenvalue weighted by molar-refractivity contribution is -0.119. The van der Waals surface area contributed by atoms with Crippen molar-refractivity contribution in [3.8, 4) is 0 Å². The number of nitrogen functional groups attached to an aromatic ring is 2. The molecule has 82 valence electrons. The normalized spacial score (nSPS) is 12.1. The van der Waals surface area contributed by atoms with Gasteiger partial charge in [-0.1, -0.05) is 13.8 Å². The van der Waals surface area contributed by atoms with Gasteiger partial charge in [0.2, 0.25) is 23.8 Å². The molecule has 1 rings (SSSR count). The SMILES string of the molecule is CCC(C)C(=O)Nc1nc(N)nc(N)n1. The number of nitrogens with zero attached hydrogens (tertiary/aromatic N) is 3. The van der Waals surface area contributed by atoms with E-state index < -0.39 is 0 Å². The fourth-order valence-corrected chi connectivity index (χ4v) is 0.884. The molecule has 0 saturated heterocycles. The molecule has 1 aromatic heterocycles. The maximum absolute atomic E-state index is 11.5. The highest BCUT2D eigenvalue weighted by Crippen LogP contribution is 2.07. The Hall–Kier alpha value is -1.92. The van der Waals surface area contributed by atoms with Gasteiger partial charge >= 0.3 is 0 Å². The number of aromatic nitrogens is 3. The average molecular weight is 210 g/mol. The number of carbonyl (C=O) groups is 1. The first-order chi connectivity index (χ1) is 7.02. The minimum atomic E-state index is -0.164. The Kier molecular flexibility index (Phi) is 3.37. The molecule has 0 bridgehead atoms. The summed E-state index contributed by atoms with van der Waals surface area (Å²) >= 11 is 0. The average Bonchev–Trinajstić information content (AvgIpc) is 2.14. The van der Waals surface area contributed by atoms with E-state index in [2.05, 4.69) is 20.3 Å². The molecule has 5 N–H and O–H groups in total. The van der Waals surface area contributed by atoms with E-state index in [0.29, 0.717) is 0 Å². The summed E-state index contributed by atoms with van der Waals surface area (Å²) in [5.74, 6) is -0.207. The fraction of sp³-hybridized carbons (Fsp3) is 0.500. The van der Waals surface area contributed by atoms with Gasteiger partial charge < -0.3 is 11.5 Å². The number of rotatable bonds is 3. The smallest absolute Gasteiger partial charge is 0.236 e. The molecule has 1 unspecified atom stereocenters. The largest absolute Gasteiger partial charge is 0.368 e. The van der Waals surface area contributed by atoms with Gasteiger partial charge in [-0.3, -0.25) is 10.1 Å². The summed E-state index contributed by atoms with van der Waals surface area (Å²) in [6.07, 6.45) is 0.738. The van der Waals surface area contributed by atoms with Gasteiger partial charge in [0.25, 0.3) is 0 Å². The molecule has 0 fully saturated rings. The molecule has 7 heteroatoms. The monoisotopic (exact) mass is 210 g/mol. The Labute approximate surface area is 87.3 Å². The second kappa shape index (κ2) is 4.54. The van der Waals surface area contributed by atoms with Crippen molar-refractivity contribution >= 4 is 23.8 Å². The zero-order valence-corrected chi connectivity index (χ0v) is 8.69. The predicted molar refractivity (Wildman–Crippen MR) is 56.7 cm³/mol. The van der Waals surface area contributed by atoms with E-state index in [0.717, 1.165) is 6.42 Å². The Bertz CT molecular complexity index is 346. The number of nitrogens with two attached hydrogens (primary N) is 2. The highest BCUT2D eigenvalue weighted by molar-refractivity contribution is 5.90. The van der Waals surface area contributed by atoms with Gasteiger partial charge in [-0.25, -0.2) is 0 Å². The maximum Gasteiger partial charge on any atom is 0.236 e. The van der Waals surface area contributed by atoms with Crippen LogP contribution < -0.4 is 16.8 Å². The van der Waals surface area contributed by atoms with Gasteiger partial charge in [0.1, 0.15) is 0 Å². The zero-order valence-electron chi connectivity index (χ0n) is 8.69. The molecule has 7 nitrogen and oxygen atoms in total. The molecule has 0 aromatic carbocycles. The molecule has 0 spiro atoms. The van der Waals surface area contributed by atoms with Crippen molar-refractivity contribution in [2.45, 2.75) is 20.3 Å². The van der Waals surface area contributed by atoms with Crippen LogP contribution in [0.1, 0.15) is 20.3 Å². The molecule has 1 aromatic rings. The topological polar surface area (TPSA) is 120 Å². The molecule has 15 heavy (non-hydrogen) atoms. The Balaban J connectivity index is 2.76. The lowest BCUT2D eigenvalue weighted by atomic mass is 10.1. The Morgan fingerprint density at radius 2 is 1.87 bits per heavy atom. The second-order valence-corrected chi connectivity index (χ2v) is 3.17. The molecular formula is C8H14N6O. The van der Waals surface area contributed by atoms with Crippen LogP contribution in [0.15, 0.2) is 0 Å². The highest BCUT2D eigenvalue weighted by Gasteiger charge is 2.12. The molecule has 0 aliphatic carbocycles. The summed E-state index contributed by atoms with van der Waals surface area (Å²) in [6.45, 7) is 3.73. The van der Waals surface area contributed by atoms with Crippen LogP contribution in [-0.4, -0.2) is 20.9 Å². The van der Waals surface area contributed by atoms with Crippen LogP contribution in [0.5, 0.6) is 0 Å². The van der Waals surface area contributed by atoms with Crippen molar-refractivity contribution in [1.82, 2.24) is 15.0 Å². The molecule has 1 atom stereocenters. The summed E-state index contributed by atoms with van der Waals surface area (Å²) in [7, 11) is 0. The second-order valence-electron chi connectivity index (χ2n) is 3.17.